The number of amides is 1. The van der Waals surface area contributed by atoms with Gasteiger partial charge in [-0.3, -0.25) is 14.7 Å². The first-order valence-corrected chi connectivity index (χ1v) is 9.99. The maximum absolute atomic E-state index is 12.1. The molecule has 0 saturated carbocycles. The summed E-state index contributed by atoms with van der Waals surface area (Å²) >= 11 is 1.77. The third-order valence-corrected chi connectivity index (χ3v) is 5.34. The summed E-state index contributed by atoms with van der Waals surface area (Å²) in [6.07, 6.45) is 8.75. The zero-order valence-electron chi connectivity index (χ0n) is 14.3. The van der Waals surface area contributed by atoms with E-state index < -0.39 is 0 Å². The number of carbonyl (C=O) groups excluding carboxylic acids is 1. The van der Waals surface area contributed by atoms with E-state index in [9.17, 15) is 4.79 Å². The van der Waals surface area contributed by atoms with E-state index in [1.54, 1.807) is 11.8 Å². The van der Waals surface area contributed by atoms with Crippen molar-refractivity contribution < 1.29 is 4.79 Å². The number of carbonyl (C=O) groups is 1. The number of nitrogens with zero attached hydrogens (tertiary/aromatic N) is 2. The SMILES string of the molecule is CC[C@H]1CN(Cc2ccncc2)CC[C@H]1CC(=O)NCCSC. The third kappa shape index (κ3) is 6.15. The Morgan fingerprint density at radius 3 is 2.87 bits per heavy atom. The lowest BCUT2D eigenvalue weighted by Crippen LogP contribution is -2.41. The lowest BCUT2D eigenvalue weighted by atomic mass is 9.81. The molecule has 2 rings (SSSR count). The van der Waals surface area contributed by atoms with Crippen LogP contribution in [-0.2, 0) is 11.3 Å². The highest BCUT2D eigenvalue weighted by molar-refractivity contribution is 7.98. The fourth-order valence-electron chi connectivity index (χ4n) is 3.38. The summed E-state index contributed by atoms with van der Waals surface area (Å²) in [6, 6.07) is 4.18. The second-order valence-electron chi connectivity index (χ2n) is 6.35. The topological polar surface area (TPSA) is 45.2 Å². The summed E-state index contributed by atoms with van der Waals surface area (Å²) in [4.78, 5) is 18.7. The molecule has 0 radical (unpaired) electrons. The summed E-state index contributed by atoms with van der Waals surface area (Å²) in [6.45, 7) is 6.21. The van der Waals surface area contributed by atoms with Gasteiger partial charge >= 0.3 is 0 Å². The smallest absolute Gasteiger partial charge is 0.220 e. The molecule has 0 unspecified atom stereocenters. The van der Waals surface area contributed by atoms with Crippen LogP contribution in [0.15, 0.2) is 24.5 Å². The van der Waals surface area contributed by atoms with Gasteiger partial charge in [0.25, 0.3) is 0 Å². The molecule has 0 aromatic carbocycles. The van der Waals surface area contributed by atoms with E-state index in [1.807, 2.05) is 12.4 Å². The third-order valence-electron chi connectivity index (χ3n) is 4.73. The molecule has 1 amide bonds. The molecule has 1 N–H and O–H groups in total. The summed E-state index contributed by atoms with van der Waals surface area (Å²) in [7, 11) is 0. The summed E-state index contributed by atoms with van der Waals surface area (Å²) < 4.78 is 0. The Bertz CT molecular complexity index is 469. The Morgan fingerprint density at radius 1 is 1.39 bits per heavy atom. The maximum Gasteiger partial charge on any atom is 0.220 e. The van der Waals surface area contributed by atoms with Crippen molar-refractivity contribution in [2.45, 2.75) is 32.7 Å². The molecule has 1 aromatic heterocycles. The summed E-state index contributed by atoms with van der Waals surface area (Å²) in [5.74, 6) is 2.37. The molecule has 128 valence electrons. The number of rotatable bonds is 8. The van der Waals surface area contributed by atoms with Crippen LogP contribution in [-0.4, -0.2) is 47.4 Å². The van der Waals surface area contributed by atoms with Gasteiger partial charge in [0.2, 0.25) is 5.91 Å². The van der Waals surface area contributed by atoms with Gasteiger partial charge in [0.15, 0.2) is 0 Å². The van der Waals surface area contributed by atoms with Crippen LogP contribution in [0.25, 0.3) is 0 Å². The highest BCUT2D eigenvalue weighted by Gasteiger charge is 2.29. The van der Waals surface area contributed by atoms with Gasteiger partial charge in [-0.05, 0) is 48.8 Å². The van der Waals surface area contributed by atoms with E-state index in [4.69, 9.17) is 0 Å². The molecular weight excluding hydrogens is 306 g/mol. The van der Waals surface area contributed by atoms with Crippen LogP contribution in [0.3, 0.4) is 0 Å². The van der Waals surface area contributed by atoms with Crippen molar-refractivity contribution >= 4 is 17.7 Å². The van der Waals surface area contributed by atoms with Gasteiger partial charge in [-0.1, -0.05) is 13.3 Å². The lowest BCUT2D eigenvalue weighted by Gasteiger charge is -2.38. The molecule has 2 heterocycles. The minimum Gasteiger partial charge on any atom is -0.355 e. The van der Waals surface area contributed by atoms with Crippen molar-refractivity contribution in [1.82, 2.24) is 15.2 Å². The predicted molar refractivity (Wildman–Crippen MR) is 97.4 cm³/mol. The van der Waals surface area contributed by atoms with E-state index >= 15 is 0 Å². The highest BCUT2D eigenvalue weighted by Crippen LogP contribution is 2.29. The van der Waals surface area contributed by atoms with E-state index in [1.165, 1.54) is 5.56 Å². The van der Waals surface area contributed by atoms with E-state index in [0.717, 1.165) is 44.8 Å². The van der Waals surface area contributed by atoms with Crippen molar-refractivity contribution in [1.29, 1.82) is 0 Å². The largest absolute Gasteiger partial charge is 0.355 e. The Kier molecular flexibility index (Phi) is 7.89. The van der Waals surface area contributed by atoms with E-state index in [2.05, 4.69) is 40.5 Å². The van der Waals surface area contributed by atoms with E-state index in [0.29, 0.717) is 18.3 Å². The first-order chi connectivity index (χ1) is 11.2. The quantitative estimate of drug-likeness (QED) is 0.742. The van der Waals surface area contributed by atoms with Gasteiger partial charge in [-0.15, -0.1) is 0 Å². The standard InChI is InChI=1S/C18H29N3OS/c1-3-16-14-21(13-15-4-7-19-8-5-15)10-6-17(16)12-18(22)20-9-11-23-2/h4-5,7-8,16-17H,3,6,9-14H2,1-2H3,(H,20,22)/t16-,17-/m0/s1. The zero-order valence-corrected chi connectivity index (χ0v) is 15.1. The van der Waals surface area contributed by atoms with Crippen LogP contribution in [0.5, 0.6) is 0 Å². The van der Waals surface area contributed by atoms with Crippen molar-refractivity contribution in [2.75, 3.05) is 31.6 Å². The first-order valence-electron chi connectivity index (χ1n) is 8.59. The molecule has 23 heavy (non-hydrogen) atoms. The number of thioether (sulfide) groups is 1. The Hall–Kier alpha value is -1.07. The average molecular weight is 336 g/mol. The van der Waals surface area contributed by atoms with Crippen molar-refractivity contribution in [3.63, 3.8) is 0 Å². The molecule has 5 heteroatoms. The molecule has 1 fully saturated rings. The summed E-state index contributed by atoms with van der Waals surface area (Å²) in [5.41, 5.74) is 1.32. The molecule has 2 atom stereocenters. The Labute approximate surface area is 144 Å². The minimum absolute atomic E-state index is 0.227. The minimum atomic E-state index is 0.227. The van der Waals surface area contributed by atoms with Gasteiger partial charge in [-0.25, -0.2) is 0 Å². The number of likely N-dealkylation sites (tertiary alicyclic amines) is 1. The van der Waals surface area contributed by atoms with Crippen LogP contribution in [0.1, 0.15) is 31.7 Å². The number of hydrogen-bond acceptors (Lipinski definition) is 4. The van der Waals surface area contributed by atoms with Crippen molar-refractivity contribution in [2.24, 2.45) is 11.8 Å². The highest BCUT2D eigenvalue weighted by atomic mass is 32.2. The molecule has 4 nitrogen and oxygen atoms in total. The Balaban J connectivity index is 1.80. The van der Waals surface area contributed by atoms with Gasteiger partial charge in [0.05, 0.1) is 0 Å². The molecule has 0 aliphatic carbocycles. The fourth-order valence-corrected chi connectivity index (χ4v) is 3.69. The van der Waals surface area contributed by atoms with Crippen LogP contribution in [0, 0.1) is 11.8 Å². The molecule has 1 aromatic rings. The van der Waals surface area contributed by atoms with Gasteiger partial charge in [0.1, 0.15) is 0 Å². The lowest BCUT2D eigenvalue weighted by molar-refractivity contribution is -0.122. The molecule has 1 saturated heterocycles. The number of piperidine rings is 1. The van der Waals surface area contributed by atoms with Crippen molar-refractivity contribution in [3.8, 4) is 0 Å². The number of nitrogens with one attached hydrogen (secondary N) is 1. The zero-order chi connectivity index (χ0) is 16.5. The van der Waals surface area contributed by atoms with Crippen molar-refractivity contribution in [3.05, 3.63) is 30.1 Å². The number of pyridine rings is 1. The molecule has 0 bridgehead atoms. The van der Waals surface area contributed by atoms with Crippen LogP contribution in [0.4, 0.5) is 0 Å². The molecule has 1 aliphatic rings. The average Bonchev–Trinajstić information content (AvgIpc) is 2.57. The maximum atomic E-state index is 12.1. The van der Waals surface area contributed by atoms with Gasteiger partial charge < -0.3 is 5.32 Å². The van der Waals surface area contributed by atoms with Crippen LogP contribution >= 0.6 is 11.8 Å². The summed E-state index contributed by atoms with van der Waals surface area (Å²) in [5, 5.41) is 3.05. The number of aromatic nitrogens is 1. The molecule has 0 spiro atoms. The van der Waals surface area contributed by atoms with Gasteiger partial charge in [0, 0.05) is 44.2 Å². The molecular formula is C18H29N3OS. The number of hydrogen-bond donors (Lipinski definition) is 1. The van der Waals surface area contributed by atoms with Crippen LogP contribution < -0.4 is 5.32 Å². The predicted octanol–water partition coefficient (Wildman–Crippen LogP) is 2.80. The monoisotopic (exact) mass is 335 g/mol. The second kappa shape index (κ2) is 9.93. The van der Waals surface area contributed by atoms with Crippen LogP contribution in [0.2, 0.25) is 0 Å². The molecule has 1 aliphatic heterocycles. The fraction of sp³-hybridized carbons (Fsp3) is 0.667. The van der Waals surface area contributed by atoms with Gasteiger partial charge in [-0.2, -0.15) is 11.8 Å². The second-order valence-corrected chi connectivity index (χ2v) is 7.34. The Morgan fingerprint density at radius 2 is 2.17 bits per heavy atom. The normalized spacial score (nSPS) is 22.0. The van der Waals surface area contributed by atoms with E-state index in [-0.39, 0.29) is 5.91 Å². The first kappa shape index (κ1) is 18.3.